The first-order chi connectivity index (χ1) is 37.2. The molecule has 27 nitrogen and oxygen atoms in total. The first-order valence-electron chi connectivity index (χ1n) is 25.8. The highest BCUT2D eigenvalue weighted by Crippen LogP contribution is 2.29. The van der Waals surface area contributed by atoms with Crippen molar-refractivity contribution in [2.24, 2.45) is 50.3 Å². The van der Waals surface area contributed by atoms with E-state index in [9.17, 15) is 47.9 Å². The average molecular weight is 1150 g/mol. The fourth-order valence-corrected chi connectivity index (χ4v) is 11.6. The minimum absolute atomic E-state index is 0.0200. The van der Waals surface area contributed by atoms with Gasteiger partial charge < -0.3 is 81.3 Å². The van der Waals surface area contributed by atoms with Gasteiger partial charge in [0.1, 0.15) is 54.1 Å². The van der Waals surface area contributed by atoms with Gasteiger partial charge in [0.2, 0.25) is 53.2 Å². The zero-order valence-electron chi connectivity index (χ0n) is 43.7. The van der Waals surface area contributed by atoms with E-state index in [0.29, 0.717) is 24.2 Å². The molecule has 0 bridgehead atoms. The molecule has 30 heteroatoms. The molecule has 8 atom stereocenters. The van der Waals surface area contributed by atoms with Gasteiger partial charge in [-0.05, 0) is 81.5 Å². The predicted octanol–water partition coefficient (Wildman–Crippen LogP) is -3.15. The van der Waals surface area contributed by atoms with E-state index in [4.69, 9.17) is 39.1 Å². The van der Waals surface area contributed by atoms with Crippen LogP contribution >= 0.6 is 34.2 Å². The Hall–Kier alpha value is -6.69. The van der Waals surface area contributed by atoms with Gasteiger partial charge in [-0.15, -0.1) is 0 Å². The lowest BCUT2D eigenvalue weighted by Gasteiger charge is -2.30. The Morgan fingerprint density at radius 3 is 1.78 bits per heavy atom. The molecular weight excluding hydrogens is 1070 g/mol. The number of likely N-dealkylation sites (tertiary alicyclic amines) is 1. The van der Waals surface area contributed by atoms with Crippen molar-refractivity contribution in [1.82, 2.24) is 42.1 Å². The van der Waals surface area contributed by atoms with E-state index in [-0.39, 0.29) is 93.3 Å². The van der Waals surface area contributed by atoms with E-state index >= 15 is 0 Å². The summed E-state index contributed by atoms with van der Waals surface area (Å²) in [5.74, 6) is -7.15. The second-order valence-electron chi connectivity index (χ2n) is 19.1. The van der Waals surface area contributed by atoms with Crippen molar-refractivity contribution in [3.05, 3.63) is 29.8 Å². The van der Waals surface area contributed by atoms with E-state index in [1.807, 2.05) is 0 Å². The molecule has 78 heavy (non-hydrogen) atoms. The lowest BCUT2D eigenvalue weighted by molar-refractivity contribution is -0.136. The Kier molecular flexibility index (Phi) is 26.9. The summed E-state index contributed by atoms with van der Waals surface area (Å²) >= 11 is 4.32. The van der Waals surface area contributed by atoms with Crippen molar-refractivity contribution in [2.45, 2.75) is 138 Å². The second kappa shape index (κ2) is 32.9. The van der Waals surface area contributed by atoms with Crippen molar-refractivity contribution < 1.29 is 52.7 Å². The van der Waals surface area contributed by atoms with Crippen molar-refractivity contribution in [2.75, 3.05) is 44.0 Å². The summed E-state index contributed by atoms with van der Waals surface area (Å²) in [6.07, 6.45) is 4.86. The van der Waals surface area contributed by atoms with Crippen LogP contribution in [-0.2, 0) is 43.2 Å². The monoisotopic (exact) mass is 1150 g/mol. The molecule has 3 aliphatic rings. The van der Waals surface area contributed by atoms with Gasteiger partial charge in [0.05, 0.1) is 7.11 Å². The van der Waals surface area contributed by atoms with Crippen LogP contribution in [0.5, 0.6) is 5.75 Å². The van der Waals surface area contributed by atoms with Crippen molar-refractivity contribution in [3.8, 4) is 5.75 Å². The number of aliphatic imine (C=N–C) groups is 2. The second-order valence-corrected chi connectivity index (χ2v) is 22.0. The van der Waals surface area contributed by atoms with Crippen molar-refractivity contribution in [3.63, 3.8) is 0 Å². The molecule has 3 fully saturated rings. The van der Waals surface area contributed by atoms with E-state index in [1.54, 1.807) is 24.3 Å². The van der Waals surface area contributed by atoms with Crippen LogP contribution in [0.2, 0.25) is 0 Å². The largest absolute Gasteiger partial charge is 0.497 e. The minimum atomic E-state index is -1.54. The zero-order valence-corrected chi connectivity index (χ0v) is 46.2. The Morgan fingerprint density at radius 1 is 0.692 bits per heavy atom. The van der Waals surface area contributed by atoms with E-state index < -0.39 is 114 Å². The molecule has 1 aromatic rings. The van der Waals surface area contributed by atoms with Crippen LogP contribution in [0.25, 0.3) is 0 Å². The van der Waals surface area contributed by atoms with E-state index in [1.165, 1.54) is 33.6 Å². The molecule has 2 heterocycles. The maximum Gasteiger partial charge on any atom is 0.254 e. The molecule has 1 aliphatic carbocycles. The Balaban J connectivity index is 1.54. The smallest absolute Gasteiger partial charge is 0.254 e. The molecule has 0 spiro atoms. The first kappa shape index (κ1) is 63.8. The topological polar surface area (TPSA) is 448 Å². The predicted molar refractivity (Wildman–Crippen MR) is 298 cm³/mol. The molecule has 4 rings (SSSR count). The molecule has 1 aromatic carbocycles. The van der Waals surface area contributed by atoms with Crippen LogP contribution in [0.4, 0.5) is 0 Å². The summed E-state index contributed by atoms with van der Waals surface area (Å²) < 4.78 is 5.20. The van der Waals surface area contributed by atoms with Gasteiger partial charge in [0.25, 0.3) is 5.91 Å². The number of benzene rings is 1. The number of carbonyl (C=O) groups excluding carboxylic acids is 10. The van der Waals surface area contributed by atoms with Crippen LogP contribution in [0.1, 0.15) is 100 Å². The average Bonchev–Trinajstić information content (AvgIpc) is 3.91. The molecule has 10 amide bonds. The third kappa shape index (κ3) is 21.3. The molecule has 0 aromatic heterocycles. The highest BCUT2D eigenvalue weighted by Gasteiger charge is 2.38. The summed E-state index contributed by atoms with van der Waals surface area (Å²) in [7, 11) is 4.06. The summed E-state index contributed by atoms with van der Waals surface area (Å²) in [5.41, 5.74) is 33.4. The molecular formula is C48H76N16O11S3. The highest BCUT2D eigenvalue weighted by molar-refractivity contribution is 8.76. The van der Waals surface area contributed by atoms with Gasteiger partial charge in [0.15, 0.2) is 11.9 Å². The van der Waals surface area contributed by atoms with E-state index in [0.717, 1.165) is 32.1 Å². The lowest BCUT2D eigenvalue weighted by atomic mass is 9.84. The van der Waals surface area contributed by atoms with Gasteiger partial charge in [0, 0.05) is 48.9 Å². The van der Waals surface area contributed by atoms with Gasteiger partial charge in [-0.1, -0.05) is 53.7 Å². The van der Waals surface area contributed by atoms with Gasteiger partial charge >= 0.3 is 0 Å². The van der Waals surface area contributed by atoms with Gasteiger partial charge in [-0.3, -0.25) is 57.9 Å². The number of methoxy groups -OCH3 is 1. The number of rotatable bonds is 29. The minimum Gasteiger partial charge on any atom is -0.497 e. The number of nitrogens with two attached hydrogens (primary N) is 6. The van der Waals surface area contributed by atoms with Crippen LogP contribution in [0.15, 0.2) is 34.3 Å². The van der Waals surface area contributed by atoms with E-state index in [2.05, 4.69) is 59.8 Å². The van der Waals surface area contributed by atoms with Crippen molar-refractivity contribution in [1.29, 1.82) is 0 Å². The Morgan fingerprint density at radius 2 is 1.23 bits per heavy atom. The molecule has 1 saturated carbocycles. The fourth-order valence-electron chi connectivity index (χ4n) is 8.98. The summed E-state index contributed by atoms with van der Waals surface area (Å²) in [6.45, 7) is 0.364. The van der Waals surface area contributed by atoms with Crippen LogP contribution in [0, 0.1) is 5.92 Å². The van der Waals surface area contributed by atoms with Crippen LogP contribution in [-0.4, -0.2) is 168 Å². The van der Waals surface area contributed by atoms with Crippen LogP contribution < -0.4 is 76.4 Å². The standard InChI is InChI=1S/C48H76N16O11S3/c1-75-28-15-13-27(14-16-28)46(74)64-21-7-12-36(64)45(73)59-30(11-6-20-56-48(53)54)40(68)57-29(10-5-19-55-47(51)52)39(67)58-31(17-18-37(49)65)41(69)61-33(23-76)43(71)60-32(22-26-8-3-2-4-9-26)42(70)63-35-25-78-77-24-34(38(50)66)62-44(35)72/h13-16,26,29-36,76H,2-12,17-25H2,1H3,(H2,49,65)(H2,50,66)(H,57,68)(H,58,67)(H,59,73)(H,60,71)(H,61,69)(H,62,72)(H,63,70)(H4,51,52,55)(H4,53,54,56)/t29-,30-,31+,32+,33+,34+,35+,36+/m1/s1. The quantitative estimate of drug-likeness (QED) is 0.0124. The fraction of sp³-hybridized carbons (Fsp3) is 0.625. The van der Waals surface area contributed by atoms with Crippen molar-refractivity contribution >= 4 is 105 Å². The molecule has 0 radical (unpaired) electrons. The Labute approximate surface area is 466 Å². The third-order valence-corrected chi connectivity index (χ3v) is 16.0. The third-order valence-electron chi connectivity index (χ3n) is 13.2. The molecule has 2 aliphatic heterocycles. The van der Waals surface area contributed by atoms with Crippen LogP contribution in [0.3, 0.4) is 0 Å². The Bertz CT molecular complexity index is 2320. The summed E-state index contributed by atoms with van der Waals surface area (Å²) in [4.78, 5) is 145. The number of amides is 10. The van der Waals surface area contributed by atoms with Gasteiger partial charge in [-0.2, -0.15) is 12.6 Å². The van der Waals surface area contributed by atoms with Gasteiger partial charge in [-0.25, -0.2) is 0 Å². The number of carbonyl (C=O) groups is 10. The molecule has 432 valence electrons. The number of nitrogens with one attached hydrogen (secondary N) is 7. The SMILES string of the molecule is COc1ccc(C(=O)N2CCC[C@H]2C(=O)N[C@H](CCCN=C(N)N)C(=O)N[C@H](CCCN=C(N)N)C(=O)N[C@@H](CCC(N)=O)C(=O)N[C@@H](CS)C(=O)N[C@@H](CC2CCCCC2)C(=O)N[C@H]2CSSC[C@@H](C(N)=O)NC2=O)cc1. The number of hydrogen-bond acceptors (Lipinski definition) is 16. The highest BCUT2D eigenvalue weighted by atomic mass is 33.1. The number of guanidine groups is 2. The zero-order chi connectivity index (χ0) is 57.3. The number of ether oxygens (including phenoxy) is 1. The lowest BCUT2D eigenvalue weighted by Crippen LogP contribution is -2.61. The summed E-state index contributed by atoms with van der Waals surface area (Å²) in [5, 5.41) is 18.6. The summed E-state index contributed by atoms with van der Waals surface area (Å²) in [6, 6.07) is -3.44. The number of primary amides is 2. The number of nitrogens with zero attached hydrogens (tertiary/aromatic N) is 3. The maximum absolute atomic E-state index is 14.3. The maximum atomic E-state index is 14.3. The number of hydrogen-bond donors (Lipinski definition) is 14. The normalized spacial score (nSPS) is 19.5. The molecule has 2 saturated heterocycles. The number of thiol groups is 1. The first-order valence-corrected chi connectivity index (χ1v) is 28.9. The molecule has 19 N–H and O–H groups in total. The molecule has 0 unspecified atom stereocenters.